The van der Waals surface area contributed by atoms with Gasteiger partial charge in [-0.1, -0.05) is 40.2 Å². The molecule has 0 amide bonds. The molecular weight excluding hydrogens is 360 g/mol. The zero-order valence-corrected chi connectivity index (χ0v) is 14.7. The summed E-state index contributed by atoms with van der Waals surface area (Å²) in [6.45, 7) is 3.59. The van der Waals surface area contributed by atoms with E-state index in [4.69, 9.17) is 9.47 Å². The summed E-state index contributed by atoms with van der Waals surface area (Å²) in [4.78, 5) is 11.7. The van der Waals surface area contributed by atoms with Gasteiger partial charge < -0.3 is 14.6 Å². The van der Waals surface area contributed by atoms with Gasteiger partial charge in [-0.05, 0) is 38.1 Å². The van der Waals surface area contributed by atoms with Crippen molar-refractivity contribution in [2.45, 2.75) is 25.9 Å². The molecule has 0 spiro atoms. The van der Waals surface area contributed by atoms with Crippen molar-refractivity contribution in [1.29, 1.82) is 0 Å². The van der Waals surface area contributed by atoms with Crippen molar-refractivity contribution in [3.05, 3.63) is 58.6 Å². The van der Waals surface area contributed by atoms with Crippen molar-refractivity contribution in [2.24, 2.45) is 0 Å². The Balaban J connectivity index is 2.27. The lowest BCUT2D eigenvalue weighted by atomic mass is 9.92. The molecule has 23 heavy (non-hydrogen) atoms. The van der Waals surface area contributed by atoms with Gasteiger partial charge in [0.15, 0.2) is 0 Å². The van der Waals surface area contributed by atoms with Gasteiger partial charge in [-0.2, -0.15) is 0 Å². The average molecular weight is 379 g/mol. The van der Waals surface area contributed by atoms with Crippen molar-refractivity contribution in [1.82, 2.24) is 0 Å². The number of carbonyl (C=O) groups is 1. The van der Waals surface area contributed by atoms with Crippen molar-refractivity contribution in [3.8, 4) is 11.5 Å². The number of hydrogen-bond donors (Lipinski definition) is 1. The number of esters is 1. The topological polar surface area (TPSA) is 55.8 Å². The molecule has 0 bridgehead atoms. The minimum absolute atomic E-state index is 0.139. The molecule has 0 fully saturated rings. The second kappa shape index (κ2) is 7.62. The molecule has 0 radical (unpaired) electrons. The first-order valence-electron chi connectivity index (χ1n) is 7.33. The quantitative estimate of drug-likeness (QED) is 0.756. The van der Waals surface area contributed by atoms with Crippen LogP contribution in [-0.2, 0) is 15.1 Å². The number of halogens is 1. The van der Waals surface area contributed by atoms with Crippen LogP contribution in [0.4, 0.5) is 0 Å². The van der Waals surface area contributed by atoms with E-state index in [1.54, 1.807) is 32.0 Å². The summed E-state index contributed by atoms with van der Waals surface area (Å²) in [7, 11) is 0. The van der Waals surface area contributed by atoms with Crippen LogP contribution in [0.25, 0.3) is 0 Å². The summed E-state index contributed by atoms with van der Waals surface area (Å²) in [6, 6.07) is 14.5. The molecule has 0 aliphatic rings. The van der Waals surface area contributed by atoms with E-state index in [1.165, 1.54) is 0 Å². The molecule has 2 aromatic carbocycles. The third kappa shape index (κ3) is 4.81. The van der Waals surface area contributed by atoms with E-state index in [-0.39, 0.29) is 13.0 Å². The Morgan fingerprint density at radius 1 is 1.22 bits per heavy atom. The fraction of sp³-hybridized carbons (Fsp3) is 0.278. The predicted octanol–water partition coefficient (Wildman–Crippen LogP) is 4.40. The number of benzene rings is 2. The Morgan fingerprint density at radius 2 is 1.96 bits per heavy atom. The van der Waals surface area contributed by atoms with E-state index in [0.717, 1.165) is 4.47 Å². The Hall–Kier alpha value is -1.85. The molecule has 4 nitrogen and oxygen atoms in total. The molecule has 0 heterocycles. The van der Waals surface area contributed by atoms with Crippen molar-refractivity contribution >= 4 is 21.9 Å². The van der Waals surface area contributed by atoms with Gasteiger partial charge in [0.25, 0.3) is 0 Å². The first-order chi connectivity index (χ1) is 10.9. The minimum atomic E-state index is -1.38. The molecule has 0 aliphatic heterocycles. The van der Waals surface area contributed by atoms with Crippen molar-refractivity contribution in [3.63, 3.8) is 0 Å². The third-order valence-corrected chi connectivity index (χ3v) is 3.78. The lowest BCUT2D eigenvalue weighted by Gasteiger charge is -2.25. The van der Waals surface area contributed by atoms with Gasteiger partial charge in [0.2, 0.25) is 0 Å². The normalized spacial score (nSPS) is 13.2. The van der Waals surface area contributed by atoms with E-state index in [0.29, 0.717) is 17.1 Å². The van der Waals surface area contributed by atoms with E-state index < -0.39 is 11.6 Å². The fourth-order valence-corrected chi connectivity index (χ4v) is 2.62. The molecule has 0 saturated carbocycles. The monoisotopic (exact) mass is 378 g/mol. The summed E-state index contributed by atoms with van der Waals surface area (Å²) >= 11 is 3.39. The standard InChI is InChI=1S/C18H19BrO4/c1-3-22-17(20)12-18(2,21)15-9-4-5-10-16(15)23-14-8-6-7-13(19)11-14/h4-11,21H,3,12H2,1-2H3. The fourth-order valence-electron chi connectivity index (χ4n) is 2.25. The molecule has 1 unspecified atom stereocenters. The van der Waals surface area contributed by atoms with Gasteiger partial charge in [0.05, 0.1) is 13.0 Å². The van der Waals surface area contributed by atoms with Crippen LogP contribution in [0.15, 0.2) is 53.0 Å². The van der Waals surface area contributed by atoms with Crippen molar-refractivity contribution in [2.75, 3.05) is 6.61 Å². The number of carbonyl (C=O) groups excluding carboxylic acids is 1. The SMILES string of the molecule is CCOC(=O)CC(C)(O)c1ccccc1Oc1cccc(Br)c1. The van der Waals surface area contributed by atoms with Crippen LogP contribution in [0, 0.1) is 0 Å². The van der Waals surface area contributed by atoms with Gasteiger partial charge in [-0.15, -0.1) is 0 Å². The molecule has 5 heteroatoms. The number of hydrogen-bond acceptors (Lipinski definition) is 4. The minimum Gasteiger partial charge on any atom is -0.466 e. The van der Waals surface area contributed by atoms with Gasteiger partial charge in [-0.3, -0.25) is 4.79 Å². The van der Waals surface area contributed by atoms with Crippen LogP contribution in [0.5, 0.6) is 11.5 Å². The molecule has 2 rings (SSSR count). The van der Waals surface area contributed by atoms with Crippen LogP contribution in [0.2, 0.25) is 0 Å². The second-order valence-corrected chi connectivity index (χ2v) is 6.23. The van der Waals surface area contributed by atoms with Crippen LogP contribution < -0.4 is 4.74 Å². The maximum Gasteiger partial charge on any atom is 0.309 e. The summed E-state index contributed by atoms with van der Waals surface area (Å²) in [5, 5.41) is 10.7. The Labute approximate surface area is 144 Å². The first-order valence-corrected chi connectivity index (χ1v) is 8.12. The lowest BCUT2D eigenvalue weighted by Crippen LogP contribution is -2.26. The Bertz CT molecular complexity index is 682. The zero-order valence-electron chi connectivity index (χ0n) is 13.1. The predicted molar refractivity (Wildman–Crippen MR) is 91.5 cm³/mol. The van der Waals surface area contributed by atoms with Gasteiger partial charge in [-0.25, -0.2) is 0 Å². The zero-order chi connectivity index (χ0) is 16.9. The van der Waals surface area contributed by atoms with Gasteiger partial charge in [0, 0.05) is 10.0 Å². The molecule has 1 atom stereocenters. The number of para-hydroxylation sites is 1. The van der Waals surface area contributed by atoms with Gasteiger partial charge >= 0.3 is 5.97 Å². The van der Waals surface area contributed by atoms with E-state index in [1.807, 2.05) is 30.3 Å². The molecule has 122 valence electrons. The highest BCUT2D eigenvalue weighted by atomic mass is 79.9. The highest BCUT2D eigenvalue weighted by molar-refractivity contribution is 9.10. The Kier molecular flexibility index (Phi) is 5.80. The number of rotatable bonds is 6. The number of aliphatic hydroxyl groups is 1. The van der Waals surface area contributed by atoms with Crippen molar-refractivity contribution < 1.29 is 19.4 Å². The summed E-state index contributed by atoms with van der Waals surface area (Å²) in [5.41, 5.74) is -0.845. The smallest absolute Gasteiger partial charge is 0.309 e. The average Bonchev–Trinajstić information content (AvgIpc) is 2.47. The molecule has 1 N–H and O–H groups in total. The van der Waals surface area contributed by atoms with E-state index >= 15 is 0 Å². The second-order valence-electron chi connectivity index (χ2n) is 5.31. The third-order valence-electron chi connectivity index (χ3n) is 3.29. The summed E-state index contributed by atoms with van der Waals surface area (Å²) in [6.07, 6.45) is -0.139. The number of ether oxygens (including phenoxy) is 2. The summed E-state index contributed by atoms with van der Waals surface area (Å²) < 4.78 is 11.7. The van der Waals surface area contributed by atoms with Gasteiger partial charge in [0.1, 0.15) is 17.1 Å². The molecule has 0 aromatic heterocycles. The maximum absolute atomic E-state index is 11.7. The largest absolute Gasteiger partial charge is 0.466 e. The van der Waals surface area contributed by atoms with E-state index in [9.17, 15) is 9.90 Å². The first kappa shape index (κ1) is 17.5. The lowest BCUT2D eigenvalue weighted by molar-refractivity contribution is -0.148. The molecule has 0 aliphatic carbocycles. The molecule has 2 aromatic rings. The van der Waals surface area contributed by atoms with Crippen LogP contribution in [-0.4, -0.2) is 17.7 Å². The highest BCUT2D eigenvalue weighted by Crippen LogP contribution is 2.35. The van der Waals surface area contributed by atoms with Crippen LogP contribution in [0.1, 0.15) is 25.8 Å². The molecule has 0 saturated heterocycles. The van der Waals surface area contributed by atoms with E-state index in [2.05, 4.69) is 15.9 Å². The summed E-state index contributed by atoms with van der Waals surface area (Å²) in [5.74, 6) is 0.688. The van der Waals surface area contributed by atoms with Crippen LogP contribution in [0.3, 0.4) is 0 Å². The maximum atomic E-state index is 11.7. The Morgan fingerprint density at radius 3 is 2.65 bits per heavy atom. The highest BCUT2D eigenvalue weighted by Gasteiger charge is 2.30. The molecular formula is C18H19BrO4. The van der Waals surface area contributed by atoms with Crippen LogP contribution >= 0.6 is 15.9 Å².